The van der Waals surface area contributed by atoms with Gasteiger partial charge in [-0.05, 0) is 25.8 Å². The summed E-state index contributed by atoms with van der Waals surface area (Å²) < 4.78 is 0. The van der Waals surface area contributed by atoms with Crippen LogP contribution in [0, 0.1) is 0 Å². The Hall–Kier alpha value is -2.17. The first-order valence-electron chi connectivity index (χ1n) is 6.26. The van der Waals surface area contributed by atoms with E-state index in [-0.39, 0.29) is 5.91 Å². The van der Waals surface area contributed by atoms with E-state index >= 15 is 0 Å². The zero-order valence-electron chi connectivity index (χ0n) is 10.8. The third kappa shape index (κ3) is 2.12. The van der Waals surface area contributed by atoms with Crippen molar-refractivity contribution in [3.63, 3.8) is 0 Å². The summed E-state index contributed by atoms with van der Waals surface area (Å²) in [5.41, 5.74) is 0.643. The van der Waals surface area contributed by atoms with Gasteiger partial charge >= 0.3 is 0 Å². The zero-order chi connectivity index (χ0) is 14.0. The van der Waals surface area contributed by atoms with Crippen LogP contribution in [-0.4, -0.2) is 35.2 Å². The molecule has 0 aromatic rings. The number of likely N-dealkylation sites (tertiary alicyclic amines) is 1. The van der Waals surface area contributed by atoms with Gasteiger partial charge in [0.25, 0.3) is 11.8 Å². The van der Waals surface area contributed by atoms with Crippen molar-refractivity contribution in [2.75, 3.05) is 6.54 Å². The molecule has 2 fully saturated rings. The highest BCUT2D eigenvalue weighted by molar-refractivity contribution is 6.25. The fraction of sp³-hybridized carbons (Fsp3) is 0.357. The summed E-state index contributed by atoms with van der Waals surface area (Å²) in [6.45, 7) is 5.83. The number of carbonyl (C=O) groups excluding carboxylic acids is 3. The van der Waals surface area contributed by atoms with Crippen LogP contribution in [0.15, 0.2) is 36.0 Å². The van der Waals surface area contributed by atoms with Crippen molar-refractivity contribution in [3.8, 4) is 0 Å². The van der Waals surface area contributed by atoms with Crippen molar-refractivity contribution >= 4 is 17.7 Å². The molecule has 2 rings (SSSR count). The molecule has 100 valence electrons. The topological polar surface area (TPSA) is 66.5 Å². The summed E-state index contributed by atoms with van der Waals surface area (Å²) in [5.74, 6) is -1.08. The molecule has 0 aromatic heterocycles. The predicted octanol–water partition coefficient (Wildman–Crippen LogP) is 0.692. The zero-order valence-corrected chi connectivity index (χ0v) is 10.8. The molecule has 2 aliphatic rings. The number of piperidine rings is 1. The normalized spacial score (nSPS) is 28.2. The maximum Gasteiger partial charge on any atom is 0.262 e. The SMILES string of the molecule is C=C/C=C1/C(=O)N(C2CCCNC2=O)C(=O)/C1=C/C. The summed E-state index contributed by atoms with van der Waals surface area (Å²) in [6.07, 6.45) is 5.85. The van der Waals surface area contributed by atoms with Crippen LogP contribution in [0.2, 0.25) is 0 Å². The minimum atomic E-state index is -0.695. The molecule has 2 heterocycles. The van der Waals surface area contributed by atoms with Gasteiger partial charge in [0.15, 0.2) is 0 Å². The molecular formula is C14H16N2O3. The minimum Gasteiger partial charge on any atom is -0.354 e. The molecule has 0 radical (unpaired) electrons. The Kier molecular flexibility index (Phi) is 3.64. The van der Waals surface area contributed by atoms with E-state index in [0.717, 1.165) is 11.3 Å². The van der Waals surface area contributed by atoms with Crippen LogP contribution in [0.4, 0.5) is 0 Å². The van der Waals surface area contributed by atoms with Gasteiger partial charge < -0.3 is 5.32 Å². The first-order chi connectivity index (χ1) is 9.11. The number of imide groups is 1. The van der Waals surface area contributed by atoms with Crippen molar-refractivity contribution in [1.82, 2.24) is 10.2 Å². The quantitative estimate of drug-likeness (QED) is 0.587. The van der Waals surface area contributed by atoms with Gasteiger partial charge in [-0.15, -0.1) is 0 Å². The average Bonchev–Trinajstić information content (AvgIpc) is 2.63. The van der Waals surface area contributed by atoms with Gasteiger partial charge in [-0.3, -0.25) is 19.3 Å². The lowest BCUT2D eigenvalue weighted by Crippen LogP contribution is -2.52. The highest BCUT2D eigenvalue weighted by Crippen LogP contribution is 2.29. The van der Waals surface area contributed by atoms with Crippen LogP contribution in [0.5, 0.6) is 0 Å². The Labute approximate surface area is 111 Å². The second kappa shape index (κ2) is 5.22. The summed E-state index contributed by atoms with van der Waals surface area (Å²) in [4.78, 5) is 37.4. The number of hydrogen-bond donors (Lipinski definition) is 1. The molecule has 1 atom stereocenters. The number of nitrogens with one attached hydrogen (secondary N) is 1. The van der Waals surface area contributed by atoms with E-state index in [2.05, 4.69) is 11.9 Å². The van der Waals surface area contributed by atoms with Crippen molar-refractivity contribution in [2.24, 2.45) is 0 Å². The van der Waals surface area contributed by atoms with Gasteiger partial charge in [-0.25, -0.2) is 0 Å². The van der Waals surface area contributed by atoms with Gasteiger partial charge in [0.2, 0.25) is 5.91 Å². The van der Waals surface area contributed by atoms with Crippen LogP contribution in [-0.2, 0) is 14.4 Å². The molecule has 3 amide bonds. The van der Waals surface area contributed by atoms with Crippen LogP contribution in [0.25, 0.3) is 0 Å². The molecule has 1 N–H and O–H groups in total. The molecule has 2 saturated heterocycles. The number of allylic oxidation sites excluding steroid dienone is 3. The number of nitrogens with zero attached hydrogens (tertiary/aromatic N) is 1. The Morgan fingerprint density at radius 2 is 1.95 bits per heavy atom. The fourth-order valence-corrected chi connectivity index (χ4v) is 2.43. The predicted molar refractivity (Wildman–Crippen MR) is 69.9 cm³/mol. The second-order valence-corrected chi connectivity index (χ2v) is 4.45. The van der Waals surface area contributed by atoms with Gasteiger partial charge in [0.05, 0.1) is 5.57 Å². The van der Waals surface area contributed by atoms with E-state index in [4.69, 9.17) is 0 Å². The number of hydrogen-bond acceptors (Lipinski definition) is 3. The van der Waals surface area contributed by atoms with Crippen LogP contribution < -0.4 is 5.32 Å². The third-order valence-corrected chi connectivity index (χ3v) is 3.33. The summed E-state index contributed by atoms with van der Waals surface area (Å²) in [7, 11) is 0. The molecular weight excluding hydrogens is 244 g/mol. The van der Waals surface area contributed by atoms with E-state index in [9.17, 15) is 14.4 Å². The molecule has 1 unspecified atom stereocenters. The second-order valence-electron chi connectivity index (χ2n) is 4.45. The van der Waals surface area contributed by atoms with E-state index < -0.39 is 17.9 Å². The first-order valence-corrected chi connectivity index (χ1v) is 6.26. The molecule has 5 heteroatoms. The maximum atomic E-state index is 12.3. The van der Waals surface area contributed by atoms with E-state index in [0.29, 0.717) is 24.1 Å². The molecule has 19 heavy (non-hydrogen) atoms. The van der Waals surface area contributed by atoms with Gasteiger partial charge in [-0.2, -0.15) is 0 Å². The molecule has 0 aromatic carbocycles. The van der Waals surface area contributed by atoms with E-state index in [1.165, 1.54) is 12.2 Å². The van der Waals surface area contributed by atoms with Crippen molar-refractivity contribution in [2.45, 2.75) is 25.8 Å². The molecule has 0 spiro atoms. The molecule has 5 nitrogen and oxygen atoms in total. The Morgan fingerprint density at radius 1 is 1.26 bits per heavy atom. The number of rotatable bonds is 2. The number of amides is 3. The Balaban J connectivity index is 2.39. The lowest BCUT2D eigenvalue weighted by atomic mass is 10.1. The molecule has 0 saturated carbocycles. The third-order valence-electron chi connectivity index (χ3n) is 3.33. The highest BCUT2D eigenvalue weighted by atomic mass is 16.2. The van der Waals surface area contributed by atoms with E-state index in [1.54, 1.807) is 13.0 Å². The van der Waals surface area contributed by atoms with Gasteiger partial charge in [0, 0.05) is 12.1 Å². The Bertz CT molecular complexity index is 517. The largest absolute Gasteiger partial charge is 0.354 e. The minimum absolute atomic E-state index is 0.261. The maximum absolute atomic E-state index is 12.3. The standard InChI is InChI=1S/C14H16N2O3/c1-3-6-10-9(4-2)13(18)16(14(10)19)11-7-5-8-15-12(11)17/h3-4,6,11H,1,5,7-8H2,2H3,(H,15,17)/b9-4+,10-6+. The Morgan fingerprint density at radius 3 is 2.53 bits per heavy atom. The molecule has 0 aliphatic carbocycles. The summed E-state index contributed by atoms with van der Waals surface area (Å²) in [5, 5.41) is 2.69. The first kappa shape index (κ1) is 13.3. The van der Waals surface area contributed by atoms with E-state index in [1.807, 2.05) is 0 Å². The van der Waals surface area contributed by atoms with Crippen molar-refractivity contribution in [3.05, 3.63) is 36.0 Å². The molecule has 2 aliphatic heterocycles. The van der Waals surface area contributed by atoms with Crippen LogP contribution in [0.1, 0.15) is 19.8 Å². The molecule has 0 bridgehead atoms. The van der Waals surface area contributed by atoms with Gasteiger partial charge in [-0.1, -0.05) is 18.7 Å². The smallest absolute Gasteiger partial charge is 0.262 e. The van der Waals surface area contributed by atoms with Crippen LogP contribution >= 0.6 is 0 Å². The fourth-order valence-electron chi connectivity index (χ4n) is 2.43. The van der Waals surface area contributed by atoms with Crippen molar-refractivity contribution in [1.29, 1.82) is 0 Å². The summed E-state index contributed by atoms with van der Waals surface area (Å²) in [6, 6.07) is -0.695. The lowest BCUT2D eigenvalue weighted by Gasteiger charge is -2.28. The highest BCUT2D eigenvalue weighted by Gasteiger charge is 2.44. The average molecular weight is 260 g/mol. The summed E-state index contributed by atoms with van der Waals surface area (Å²) >= 11 is 0. The van der Waals surface area contributed by atoms with Crippen LogP contribution in [0.3, 0.4) is 0 Å². The number of carbonyl (C=O) groups is 3. The monoisotopic (exact) mass is 260 g/mol. The van der Waals surface area contributed by atoms with Gasteiger partial charge in [0.1, 0.15) is 6.04 Å². The van der Waals surface area contributed by atoms with Crippen molar-refractivity contribution < 1.29 is 14.4 Å². The lowest BCUT2D eigenvalue weighted by molar-refractivity contribution is -0.146.